The predicted octanol–water partition coefficient (Wildman–Crippen LogP) is 5.26. The van der Waals surface area contributed by atoms with Crippen molar-refractivity contribution < 1.29 is 13.9 Å². The lowest BCUT2D eigenvalue weighted by Crippen LogP contribution is -1.93. The van der Waals surface area contributed by atoms with Gasteiger partial charge in [-0.15, -0.1) is 11.3 Å². The highest BCUT2D eigenvalue weighted by Crippen LogP contribution is 2.39. The van der Waals surface area contributed by atoms with E-state index in [2.05, 4.69) is 4.98 Å². The van der Waals surface area contributed by atoms with Gasteiger partial charge in [-0.05, 0) is 24.3 Å². The highest BCUT2D eigenvalue weighted by atomic mass is 32.2. The zero-order valence-corrected chi connectivity index (χ0v) is 15.9. The molecule has 2 heterocycles. The molecule has 0 aliphatic carbocycles. The average molecular weight is 384 g/mol. The van der Waals surface area contributed by atoms with Crippen molar-refractivity contribution in [2.45, 2.75) is 11.0 Å². The molecular formula is C19H16N2O3S2. The highest BCUT2D eigenvalue weighted by Gasteiger charge is 2.15. The summed E-state index contributed by atoms with van der Waals surface area (Å²) < 4.78 is 16.6. The number of nitrogens with zero attached hydrogens (tertiary/aromatic N) is 2. The Morgan fingerprint density at radius 3 is 2.73 bits per heavy atom. The number of rotatable bonds is 6. The maximum Gasteiger partial charge on any atom is 0.257 e. The number of para-hydroxylation sites is 3. The summed E-state index contributed by atoms with van der Waals surface area (Å²) >= 11 is 3.12. The van der Waals surface area contributed by atoms with Gasteiger partial charge in [-0.1, -0.05) is 30.0 Å². The zero-order valence-electron chi connectivity index (χ0n) is 14.3. The van der Waals surface area contributed by atoms with Crippen LogP contribution in [-0.4, -0.2) is 24.2 Å². The van der Waals surface area contributed by atoms with Crippen LogP contribution >= 0.6 is 23.1 Å². The minimum atomic E-state index is 0.653. The first-order chi connectivity index (χ1) is 12.8. The van der Waals surface area contributed by atoms with Gasteiger partial charge in [0.25, 0.3) is 5.22 Å². The second-order valence-electron chi connectivity index (χ2n) is 5.42. The molecule has 0 fully saturated rings. The highest BCUT2D eigenvalue weighted by molar-refractivity contribution is 7.98. The third-order valence-electron chi connectivity index (χ3n) is 3.80. The number of methoxy groups -OCH3 is 2. The Bertz CT molecular complexity index is 1010. The summed E-state index contributed by atoms with van der Waals surface area (Å²) in [6.07, 6.45) is 0. The van der Waals surface area contributed by atoms with E-state index >= 15 is 0 Å². The fourth-order valence-electron chi connectivity index (χ4n) is 2.60. The molecule has 7 heteroatoms. The smallest absolute Gasteiger partial charge is 0.257 e. The van der Waals surface area contributed by atoms with Gasteiger partial charge in [0, 0.05) is 11.1 Å². The lowest BCUT2D eigenvalue weighted by atomic mass is 10.2. The largest absolute Gasteiger partial charge is 0.493 e. The fourth-order valence-corrected chi connectivity index (χ4v) is 4.28. The molecule has 0 spiro atoms. The van der Waals surface area contributed by atoms with E-state index in [1.165, 1.54) is 11.8 Å². The van der Waals surface area contributed by atoms with Crippen molar-refractivity contribution in [2.75, 3.05) is 14.2 Å². The molecule has 0 amide bonds. The topological polar surface area (TPSA) is 57.4 Å². The number of benzene rings is 2. The first-order valence-electron chi connectivity index (χ1n) is 7.92. The molecule has 4 aromatic rings. The first kappa shape index (κ1) is 16.9. The summed E-state index contributed by atoms with van der Waals surface area (Å²) in [4.78, 5) is 9.20. The van der Waals surface area contributed by atoms with Crippen LogP contribution in [0.15, 0.2) is 57.5 Å². The van der Waals surface area contributed by atoms with Gasteiger partial charge in [0.15, 0.2) is 17.1 Å². The predicted molar refractivity (Wildman–Crippen MR) is 104 cm³/mol. The average Bonchev–Trinajstić information content (AvgIpc) is 3.32. The Labute approximate surface area is 159 Å². The molecule has 0 atom stereocenters. The van der Waals surface area contributed by atoms with Crippen LogP contribution in [0, 0.1) is 0 Å². The van der Waals surface area contributed by atoms with E-state index in [0.717, 1.165) is 27.4 Å². The van der Waals surface area contributed by atoms with Crippen LogP contribution in [0.1, 0.15) is 5.69 Å². The number of fused-ring (bicyclic) bond motifs is 1. The van der Waals surface area contributed by atoms with Crippen LogP contribution in [0.3, 0.4) is 0 Å². The van der Waals surface area contributed by atoms with Gasteiger partial charge in [0.1, 0.15) is 10.5 Å². The van der Waals surface area contributed by atoms with Crippen molar-refractivity contribution in [3.05, 3.63) is 53.5 Å². The van der Waals surface area contributed by atoms with Crippen molar-refractivity contribution >= 4 is 34.2 Å². The van der Waals surface area contributed by atoms with Crippen LogP contribution in [-0.2, 0) is 5.75 Å². The van der Waals surface area contributed by atoms with E-state index in [-0.39, 0.29) is 0 Å². The lowest BCUT2D eigenvalue weighted by Gasteiger charge is -2.10. The van der Waals surface area contributed by atoms with Gasteiger partial charge in [0.2, 0.25) is 0 Å². The third-order valence-corrected chi connectivity index (χ3v) is 5.59. The van der Waals surface area contributed by atoms with Crippen molar-refractivity contribution in [2.24, 2.45) is 0 Å². The molecule has 0 saturated carbocycles. The van der Waals surface area contributed by atoms with E-state index in [1.54, 1.807) is 25.6 Å². The Balaban J connectivity index is 1.53. The van der Waals surface area contributed by atoms with Crippen LogP contribution in [0.25, 0.3) is 21.7 Å². The van der Waals surface area contributed by atoms with Gasteiger partial charge in [-0.2, -0.15) is 0 Å². The van der Waals surface area contributed by atoms with Gasteiger partial charge in [0.05, 0.1) is 25.5 Å². The van der Waals surface area contributed by atoms with Gasteiger partial charge in [-0.25, -0.2) is 9.97 Å². The van der Waals surface area contributed by atoms with Crippen molar-refractivity contribution in [3.63, 3.8) is 0 Å². The quantitative estimate of drug-likeness (QED) is 0.423. The summed E-state index contributed by atoms with van der Waals surface area (Å²) in [5.74, 6) is 2.08. The molecule has 0 radical (unpaired) electrons. The minimum absolute atomic E-state index is 0.653. The molecule has 4 rings (SSSR count). The number of thiazole rings is 1. The number of hydrogen-bond donors (Lipinski definition) is 0. The summed E-state index contributed by atoms with van der Waals surface area (Å²) in [5, 5.41) is 3.60. The SMILES string of the molecule is COc1cccc(-c2nc(CSc3nc4ccccc4o3)cs2)c1OC. The molecule has 0 bridgehead atoms. The first-order valence-corrected chi connectivity index (χ1v) is 9.79. The second kappa shape index (κ2) is 7.39. The number of ether oxygens (including phenoxy) is 2. The van der Waals surface area contributed by atoms with Crippen LogP contribution in [0.5, 0.6) is 11.5 Å². The summed E-state index contributed by atoms with van der Waals surface area (Å²) in [5.41, 5.74) is 3.57. The van der Waals surface area contributed by atoms with Crippen LogP contribution in [0.2, 0.25) is 0 Å². The van der Waals surface area contributed by atoms with Crippen LogP contribution < -0.4 is 9.47 Å². The Morgan fingerprint density at radius 1 is 1.04 bits per heavy atom. The zero-order chi connectivity index (χ0) is 17.9. The third kappa shape index (κ3) is 3.27. The monoisotopic (exact) mass is 384 g/mol. The van der Waals surface area contributed by atoms with E-state index in [9.17, 15) is 0 Å². The van der Waals surface area contributed by atoms with Crippen LogP contribution in [0.4, 0.5) is 0 Å². The maximum atomic E-state index is 5.74. The summed E-state index contributed by atoms with van der Waals surface area (Å²) in [6.45, 7) is 0. The standard InChI is InChI=1S/C19H16N2O3S2/c1-22-16-9-5-6-13(17(16)23-2)18-20-12(10-25-18)11-26-19-21-14-7-3-4-8-15(14)24-19/h3-10H,11H2,1-2H3. The van der Waals surface area contributed by atoms with Crippen molar-refractivity contribution in [1.29, 1.82) is 0 Å². The second-order valence-corrected chi connectivity index (χ2v) is 7.21. The minimum Gasteiger partial charge on any atom is -0.493 e. The lowest BCUT2D eigenvalue weighted by molar-refractivity contribution is 0.356. The molecule has 0 aliphatic heterocycles. The molecule has 0 N–H and O–H groups in total. The van der Waals surface area contributed by atoms with Crippen molar-refractivity contribution in [3.8, 4) is 22.1 Å². The molecule has 0 unspecified atom stereocenters. The molecule has 0 aliphatic rings. The Morgan fingerprint density at radius 2 is 1.92 bits per heavy atom. The summed E-state index contributed by atoms with van der Waals surface area (Å²) in [7, 11) is 3.27. The Hall–Kier alpha value is -2.51. The number of hydrogen-bond acceptors (Lipinski definition) is 7. The maximum absolute atomic E-state index is 5.74. The number of thioether (sulfide) groups is 1. The fraction of sp³-hybridized carbons (Fsp3) is 0.158. The normalized spacial score (nSPS) is 11.0. The van der Waals surface area contributed by atoms with E-state index in [1.807, 2.05) is 47.8 Å². The van der Waals surface area contributed by atoms with Gasteiger partial charge >= 0.3 is 0 Å². The van der Waals surface area contributed by atoms with E-state index in [4.69, 9.17) is 18.9 Å². The molecule has 132 valence electrons. The molecular weight excluding hydrogens is 368 g/mol. The molecule has 26 heavy (non-hydrogen) atoms. The molecule has 5 nitrogen and oxygen atoms in total. The molecule has 0 saturated heterocycles. The van der Waals surface area contributed by atoms with E-state index in [0.29, 0.717) is 22.5 Å². The van der Waals surface area contributed by atoms with E-state index < -0.39 is 0 Å². The molecule has 2 aromatic carbocycles. The van der Waals surface area contributed by atoms with Gasteiger partial charge in [-0.3, -0.25) is 0 Å². The summed E-state index contributed by atoms with van der Waals surface area (Å²) in [6, 6.07) is 13.5. The van der Waals surface area contributed by atoms with Crippen molar-refractivity contribution in [1.82, 2.24) is 9.97 Å². The number of aromatic nitrogens is 2. The Kier molecular flexibility index (Phi) is 4.81. The number of oxazole rings is 1. The van der Waals surface area contributed by atoms with Gasteiger partial charge < -0.3 is 13.9 Å². The molecule has 2 aromatic heterocycles.